The molecule has 1 aromatic rings. The topological polar surface area (TPSA) is 64.9 Å². The third-order valence-corrected chi connectivity index (χ3v) is 2.82. The van der Waals surface area contributed by atoms with Crippen LogP contribution in [0, 0.1) is 0 Å². The highest BCUT2D eigenvalue weighted by Crippen LogP contribution is 2.36. The van der Waals surface area contributed by atoms with E-state index in [2.05, 4.69) is 11.6 Å². The third kappa shape index (κ3) is 1.96. The highest BCUT2D eigenvalue weighted by atomic mass is 35.5. The van der Waals surface area contributed by atoms with Crippen LogP contribution in [-0.4, -0.2) is 4.98 Å². The van der Waals surface area contributed by atoms with E-state index in [-0.39, 0.29) is 20.9 Å². The summed E-state index contributed by atoms with van der Waals surface area (Å²) in [5, 5.41) is 0.435. The Kier molecular flexibility index (Phi) is 3.61. The highest BCUT2D eigenvalue weighted by Gasteiger charge is 2.16. The zero-order valence-corrected chi connectivity index (χ0v) is 9.37. The van der Waals surface area contributed by atoms with Crippen molar-refractivity contribution in [3.05, 3.63) is 33.5 Å². The summed E-state index contributed by atoms with van der Waals surface area (Å²) >= 11 is 17.3. The first kappa shape index (κ1) is 11.6. The Balaban J connectivity index is 3.40. The second-order valence-electron chi connectivity index (χ2n) is 2.59. The second kappa shape index (κ2) is 4.36. The Labute approximate surface area is 96.6 Å². The predicted molar refractivity (Wildman–Crippen MR) is 60.8 cm³/mol. The molecule has 0 amide bonds. The fraction of sp³-hybridized carbons (Fsp3) is 0.125. The lowest BCUT2D eigenvalue weighted by Gasteiger charge is -2.11. The summed E-state index contributed by atoms with van der Waals surface area (Å²) in [6.07, 6.45) is 1.48. The van der Waals surface area contributed by atoms with Gasteiger partial charge in [-0.2, -0.15) is 0 Å². The normalized spacial score (nSPS) is 12.6. The van der Waals surface area contributed by atoms with E-state index in [9.17, 15) is 0 Å². The quantitative estimate of drug-likeness (QED) is 0.628. The molecule has 76 valence electrons. The van der Waals surface area contributed by atoms with E-state index in [0.717, 1.165) is 0 Å². The van der Waals surface area contributed by atoms with Crippen LogP contribution in [0.4, 0.5) is 5.69 Å². The van der Waals surface area contributed by atoms with Crippen LogP contribution in [0.15, 0.2) is 12.7 Å². The van der Waals surface area contributed by atoms with Crippen molar-refractivity contribution >= 4 is 40.5 Å². The Hall–Kier alpha value is -0.480. The Morgan fingerprint density at radius 3 is 2.36 bits per heavy atom. The standard InChI is InChI=1S/C8H8Cl3N3/c1-2-3(12)7-4(9)6(13)5(10)8(11)14-7/h2-3H,1,12H2,(H2,13,14)/t3-/m0/s1. The average Bonchev–Trinajstić information content (AvgIpc) is 2.19. The average molecular weight is 253 g/mol. The number of nitrogens with zero attached hydrogens (tertiary/aromatic N) is 1. The summed E-state index contributed by atoms with van der Waals surface area (Å²) in [4.78, 5) is 3.93. The van der Waals surface area contributed by atoms with Crippen molar-refractivity contribution in [1.82, 2.24) is 4.98 Å². The Morgan fingerprint density at radius 1 is 1.29 bits per heavy atom. The molecule has 0 unspecified atom stereocenters. The van der Waals surface area contributed by atoms with Crippen LogP contribution in [-0.2, 0) is 0 Å². The van der Waals surface area contributed by atoms with Gasteiger partial charge in [0.15, 0.2) is 0 Å². The van der Waals surface area contributed by atoms with Gasteiger partial charge in [-0.1, -0.05) is 40.9 Å². The molecule has 0 aliphatic rings. The maximum Gasteiger partial charge on any atom is 0.150 e. The number of anilines is 1. The molecule has 0 aliphatic carbocycles. The smallest absolute Gasteiger partial charge is 0.150 e. The third-order valence-electron chi connectivity index (χ3n) is 1.67. The number of aromatic nitrogens is 1. The fourth-order valence-electron chi connectivity index (χ4n) is 0.882. The number of nitrogens with two attached hydrogens (primary N) is 2. The predicted octanol–water partition coefficient (Wildman–Crippen LogP) is 2.81. The number of nitrogen functional groups attached to an aromatic ring is 1. The molecule has 1 heterocycles. The van der Waals surface area contributed by atoms with Gasteiger partial charge < -0.3 is 11.5 Å². The minimum absolute atomic E-state index is 0.0841. The molecule has 3 nitrogen and oxygen atoms in total. The van der Waals surface area contributed by atoms with Crippen LogP contribution in [0.3, 0.4) is 0 Å². The molecule has 0 saturated carbocycles. The van der Waals surface area contributed by atoms with Gasteiger partial charge in [-0.3, -0.25) is 0 Å². The van der Waals surface area contributed by atoms with Gasteiger partial charge in [0.2, 0.25) is 0 Å². The molecule has 0 aromatic carbocycles. The lowest BCUT2D eigenvalue weighted by atomic mass is 10.2. The first-order valence-corrected chi connectivity index (χ1v) is 4.80. The van der Waals surface area contributed by atoms with Gasteiger partial charge >= 0.3 is 0 Å². The van der Waals surface area contributed by atoms with E-state index in [1.807, 2.05) is 0 Å². The van der Waals surface area contributed by atoms with Crippen LogP contribution < -0.4 is 11.5 Å². The van der Waals surface area contributed by atoms with Gasteiger partial charge in [-0.05, 0) is 0 Å². The number of halogens is 3. The van der Waals surface area contributed by atoms with Gasteiger partial charge in [0, 0.05) is 0 Å². The monoisotopic (exact) mass is 251 g/mol. The van der Waals surface area contributed by atoms with Crippen LogP contribution in [0.2, 0.25) is 15.2 Å². The van der Waals surface area contributed by atoms with Crippen LogP contribution in [0.25, 0.3) is 0 Å². The number of hydrogen-bond donors (Lipinski definition) is 2. The summed E-state index contributed by atoms with van der Waals surface area (Å²) < 4.78 is 0. The van der Waals surface area contributed by atoms with Crippen LogP contribution in [0.1, 0.15) is 11.7 Å². The molecule has 0 radical (unpaired) electrons. The summed E-state index contributed by atoms with van der Waals surface area (Å²) in [5.74, 6) is 0. The molecule has 6 heteroatoms. The first-order valence-electron chi connectivity index (χ1n) is 3.67. The molecular weight excluding hydrogens is 244 g/mol. The number of rotatable bonds is 2. The maximum absolute atomic E-state index is 5.89. The SMILES string of the molecule is C=C[C@H](N)c1nc(Cl)c(Cl)c(N)c1Cl. The summed E-state index contributed by atoms with van der Waals surface area (Å²) in [6.45, 7) is 3.52. The molecule has 0 saturated heterocycles. The van der Waals surface area contributed by atoms with Gasteiger partial charge in [0.05, 0.1) is 22.4 Å². The van der Waals surface area contributed by atoms with E-state index in [1.54, 1.807) is 0 Å². The number of hydrogen-bond acceptors (Lipinski definition) is 3. The largest absolute Gasteiger partial charge is 0.396 e. The van der Waals surface area contributed by atoms with E-state index in [1.165, 1.54) is 6.08 Å². The zero-order chi connectivity index (χ0) is 10.9. The van der Waals surface area contributed by atoms with Gasteiger partial charge in [0.1, 0.15) is 10.2 Å². The summed E-state index contributed by atoms with van der Waals surface area (Å²) in [5.41, 5.74) is 11.8. The van der Waals surface area contributed by atoms with Crippen molar-refractivity contribution in [3.63, 3.8) is 0 Å². The molecule has 0 fully saturated rings. The zero-order valence-electron chi connectivity index (χ0n) is 7.10. The molecule has 4 N–H and O–H groups in total. The van der Waals surface area contributed by atoms with Gasteiger partial charge in [-0.15, -0.1) is 6.58 Å². The van der Waals surface area contributed by atoms with Crippen LogP contribution in [0.5, 0.6) is 0 Å². The molecule has 1 aromatic heterocycles. The summed E-state index contributed by atoms with van der Waals surface area (Å²) in [6, 6.07) is -0.514. The second-order valence-corrected chi connectivity index (χ2v) is 3.70. The van der Waals surface area contributed by atoms with E-state index >= 15 is 0 Å². The van der Waals surface area contributed by atoms with Crippen molar-refractivity contribution in [2.75, 3.05) is 5.73 Å². The Bertz CT molecular complexity index is 379. The maximum atomic E-state index is 5.89. The molecule has 1 rings (SSSR count). The van der Waals surface area contributed by atoms with Crippen molar-refractivity contribution in [2.24, 2.45) is 5.73 Å². The van der Waals surface area contributed by atoms with Gasteiger partial charge in [-0.25, -0.2) is 4.98 Å². The number of pyridine rings is 1. The highest BCUT2D eigenvalue weighted by molar-refractivity contribution is 6.45. The van der Waals surface area contributed by atoms with Crippen molar-refractivity contribution in [3.8, 4) is 0 Å². The van der Waals surface area contributed by atoms with Crippen molar-refractivity contribution in [2.45, 2.75) is 6.04 Å². The van der Waals surface area contributed by atoms with E-state index in [4.69, 9.17) is 46.3 Å². The van der Waals surface area contributed by atoms with Crippen molar-refractivity contribution in [1.29, 1.82) is 0 Å². The molecule has 0 bridgehead atoms. The molecule has 1 atom stereocenters. The van der Waals surface area contributed by atoms with Gasteiger partial charge in [0.25, 0.3) is 0 Å². The Morgan fingerprint density at radius 2 is 1.86 bits per heavy atom. The molecule has 14 heavy (non-hydrogen) atoms. The lowest BCUT2D eigenvalue weighted by molar-refractivity contribution is 0.866. The lowest BCUT2D eigenvalue weighted by Crippen LogP contribution is -2.11. The molecule has 0 spiro atoms. The minimum Gasteiger partial charge on any atom is -0.396 e. The van der Waals surface area contributed by atoms with E-state index in [0.29, 0.717) is 5.69 Å². The van der Waals surface area contributed by atoms with E-state index < -0.39 is 6.04 Å². The minimum atomic E-state index is -0.514. The summed E-state index contributed by atoms with van der Waals surface area (Å²) in [7, 11) is 0. The first-order chi connectivity index (χ1) is 6.49. The van der Waals surface area contributed by atoms with Crippen LogP contribution >= 0.6 is 34.8 Å². The molecular formula is C8H8Cl3N3. The molecule has 0 aliphatic heterocycles. The van der Waals surface area contributed by atoms with Crippen molar-refractivity contribution < 1.29 is 0 Å². The fourth-order valence-corrected chi connectivity index (χ4v) is 1.52.